The van der Waals surface area contributed by atoms with E-state index in [0.717, 1.165) is 32.6 Å². The molecule has 122 valence electrons. The molecule has 0 unspecified atom stereocenters. The number of aromatic amines is 1. The molecule has 24 heavy (non-hydrogen) atoms. The molecule has 0 aliphatic rings. The molecular formula is C20H18BrNO2. The van der Waals surface area contributed by atoms with Crippen molar-refractivity contribution in [3.05, 3.63) is 70.3 Å². The maximum atomic E-state index is 12.7. The van der Waals surface area contributed by atoms with Gasteiger partial charge in [-0.2, -0.15) is 0 Å². The van der Waals surface area contributed by atoms with Crippen LogP contribution in [0.25, 0.3) is 22.4 Å². The summed E-state index contributed by atoms with van der Waals surface area (Å²) in [7, 11) is 0. The van der Waals surface area contributed by atoms with Gasteiger partial charge in [0.2, 0.25) is 0 Å². The first-order valence-corrected chi connectivity index (χ1v) is 8.62. The number of aromatic nitrogens is 1. The zero-order chi connectivity index (χ0) is 17.1. The zero-order valence-corrected chi connectivity index (χ0v) is 15.2. The summed E-state index contributed by atoms with van der Waals surface area (Å²) < 4.78 is 6.32. The standard InChI is InChI=1S/C20H18BrNO2/c1-3-24-20(23)18-17(14-9-11-16(21)12-10-14)13(2)22-19(18)15-7-5-4-6-8-15/h4-12,22H,3H2,1-2H3. The largest absolute Gasteiger partial charge is 0.462 e. The Hall–Kier alpha value is -2.33. The SMILES string of the molecule is CCOC(=O)c1c(-c2ccccc2)[nH]c(C)c1-c1ccc(Br)cc1. The van der Waals surface area contributed by atoms with E-state index in [0.29, 0.717) is 12.2 Å². The second-order valence-corrected chi connectivity index (χ2v) is 6.38. The Bertz CT molecular complexity index is 851. The van der Waals surface area contributed by atoms with E-state index in [4.69, 9.17) is 4.74 Å². The number of halogens is 1. The minimum atomic E-state index is -0.307. The number of hydrogen-bond donors (Lipinski definition) is 1. The molecule has 0 bridgehead atoms. The van der Waals surface area contributed by atoms with Crippen LogP contribution < -0.4 is 0 Å². The third-order valence-corrected chi connectivity index (χ3v) is 4.39. The molecule has 0 aliphatic carbocycles. The van der Waals surface area contributed by atoms with Crippen LogP contribution >= 0.6 is 15.9 Å². The number of nitrogens with one attached hydrogen (secondary N) is 1. The molecule has 0 saturated carbocycles. The van der Waals surface area contributed by atoms with E-state index in [2.05, 4.69) is 20.9 Å². The summed E-state index contributed by atoms with van der Waals surface area (Å²) in [6.07, 6.45) is 0. The van der Waals surface area contributed by atoms with Crippen LogP contribution in [0.1, 0.15) is 23.0 Å². The fourth-order valence-corrected chi connectivity index (χ4v) is 3.10. The molecule has 0 aliphatic heterocycles. The molecule has 0 atom stereocenters. The van der Waals surface area contributed by atoms with Gasteiger partial charge in [-0.15, -0.1) is 0 Å². The molecule has 0 amide bonds. The van der Waals surface area contributed by atoms with Gasteiger partial charge >= 0.3 is 5.97 Å². The lowest BCUT2D eigenvalue weighted by atomic mass is 9.98. The Labute approximate surface area is 149 Å². The topological polar surface area (TPSA) is 42.1 Å². The Balaban J connectivity index is 2.23. The second kappa shape index (κ2) is 7.05. The van der Waals surface area contributed by atoms with Crippen molar-refractivity contribution >= 4 is 21.9 Å². The van der Waals surface area contributed by atoms with Crippen LogP contribution in [0.5, 0.6) is 0 Å². The molecular weight excluding hydrogens is 366 g/mol. The first kappa shape index (κ1) is 16.5. The number of benzene rings is 2. The molecule has 2 aromatic carbocycles. The maximum absolute atomic E-state index is 12.7. The highest BCUT2D eigenvalue weighted by Crippen LogP contribution is 2.36. The van der Waals surface area contributed by atoms with Crippen molar-refractivity contribution in [2.75, 3.05) is 6.61 Å². The summed E-state index contributed by atoms with van der Waals surface area (Å²) in [6.45, 7) is 4.14. The molecule has 1 heterocycles. The van der Waals surface area contributed by atoms with Crippen molar-refractivity contribution in [1.29, 1.82) is 0 Å². The fraction of sp³-hybridized carbons (Fsp3) is 0.150. The van der Waals surface area contributed by atoms with E-state index in [1.165, 1.54) is 0 Å². The summed E-state index contributed by atoms with van der Waals surface area (Å²) in [5, 5.41) is 0. The van der Waals surface area contributed by atoms with E-state index < -0.39 is 0 Å². The van der Waals surface area contributed by atoms with Gasteiger partial charge in [-0.05, 0) is 37.1 Å². The lowest BCUT2D eigenvalue weighted by Gasteiger charge is -2.08. The van der Waals surface area contributed by atoms with Crippen molar-refractivity contribution < 1.29 is 9.53 Å². The van der Waals surface area contributed by atoms with Crippen LogP contribution in [0.2, 0.25) is 0 Å². The highest BCUT2D eigenvalue weighted by Gasteiger charge is 2.24. The van der Waals surface area contributed by atoms with Gasteiger partial charge in [-0.3, -0.25) is 0 Å². The van der Waals surface area contributed by atoms with Gasteiger partial charge in [-0.1, -0.05) is 58.4 Å². The number of carbonyl (C=O) groups is 1. The normalized spacial score (nSPS) is 10.6. The number of esters is 1. The van der Waals surface area contributed by atoms with Gasteiger partial charge in [0.05, 0.1) is 17.9 Å². The van der Waals surface area contributed by atoms with E-state index in [1.807, 2.05) is 68.4 Å². The van der Waals surface area contributed by atoms with Crippen molar-refractivity contribution in [2.24, 2.45) is 0 Å². The summed E-state index contributed by atoms with van der Waals surface area (Å²) in [6, 6.07) is 17.8. The highest BCUT2D eigenvalue weighted by atomic mass is 79.9. The summed E-state index contributed by atoms with van der Waals surface area (Å²) in [4.78, 5) is 16.0. The van der Waals surface area contributed by atoms with Crippen LogP contribution in [-0.4, -0.2) is 17.6 Å². The average molecular weight is 384 g/mol. The van der Waals surface area contributed by atoms with E-state index in [9.17, 15) is 4.79 Å². The van der Waals surface area contributed by atoms with E-state index >= 15 is 0 Å². The number of ether oxygens (including phenoxy) is 1. The smallest absolute Gasteiger partial charge is 0.340 e. The molecule has 1 aromatic heterocycles. The molecule has 3 aromatic rings. The molecule has 4 heteroatoms. The van der Waals surface area contributed by atoms with Gasteiger partial charge in [0, 0.05) is 15.7 Å². The van der Waals surface area contributed by atoms with Crippen LogP contribution in [0.15, 0.2) is 59.1 Å². The number of aryl methyl sites for hydroxylation is 1. The number of rotatable bonds is 4. The number of hydrogen-bond acceptors (Lipinski definition) is 2. The van der Waals surface area contributed by atoms with Gasteiger partial charge in [0.1, 0.15) is 0 Å². The fourth-order valence-electron chi connectivity index (χ4n) is 2.83. The highest BCUT2D eigenvalue weighted by molar-refractivity contribution is 9.10. The predicted molar refractivity (Wildman–Crippen MR) is 100 cm³/mol. The number of H-pyrrole nitrogens is 1. The monoisotopic (exact) mass is 383 g/mol. The van der Waals surface area contributed by atoms with Crippen molar-refractivity contribution in [1.82, 2.24) is 4.98 Å². The average Bonchev–Trinajstić information content (AvgIpc) is 2.94. The molecule has 0 radical (unpaired) electrons. The first-order valence-electron chi connectivity index (χ1n) is 7.83. The first-order chi connectivity index (χ1) is 11.6. The Morgan fingerprint density at radius 1 is 1.04 bits per heavy atom. The third kappa shape index (κ3) is 3.15. The predicted octanol–water partition coefficient (Wildman–Crippen LogP) is 5.60. The summed E-state index contributed by atoms with van der Waals surface area (Å²) >= 11 is 3.45. The van der Waals surface area contributed by atoms with Gasteiger partial charge in [0.25, 0.3) is 0 Å². The third-order valence-electron chi connectivity index (χ3n) is 3.86. The minimum absolute atomic E-state index is 0.307. The molecule has 3 rings (SSSR count). The number of carbonyl (C=O) groups excluding carboxylic acids is 1. The summed E-state index contributed by atoms with van der Waals surface area (Å²) in [5.74, 6) is -0.307. The van der Waals surface area contributed by atoms with Crippen LogP contribution in [0.4, 0.5) is 0 Å². The molecule has 3 nitrogen and oxygen atoms in total. The second-order valence-electron chi connectivity index (χ2n) is 5.47. The lowest BCUT2D eigenvalue weighted by Crippen LogP contribution is -2.06. The van der Waals surface area contributed by atoms with E-state index in [-0.39, 0.29) is 5.97 Å². The van der Waals surface area contributed by atoms with Crippen LogP contribution in [0.3, 0.4) is 0 Å². The molecule has 0 fully saturated rings. The van der Waals surface area contributed by atoms with Gasteiger partial charge in [0.15, 0.2) is 0 Å². The van der Waals surface area contributed by atoms with E-state index in [1.54, 1.807) is 0 Å². The van der Waals surface area contributed by atoms with Crippen LogP contribution in [-0.2, 0) is 4.74 Å². The minimum Gasteiger partial charge on any atom is -0.462 e. The van der Waals surface area contributed by atoms with Crippen molar-refractivity contribution in [2.45, 2.75) is 13.8 Å². The zero-order valence-electron chi connectivity index (χ0n) is 13.6. The van der Waals surface area contributed by atoms with Gasteiger partial charge in [-0.25, -0.2) is 4.79 Å². The molecule has 0 spiro atoms. The quantitative estimate of drug-likeness (QED) is 0.596. The Morgan fingerprint density at radius 2 is 1.71 bits per heavy atom. The maximum Gasteiger partial charge on any atom is 0.340 e. The molecule has 0 saturated heterocycles. The van der Waals surface area contributed by atoms with Gasteiger partial charge < -0.3 is 9.72 Å². The van der Waals surface area contributed by atoms with Crippen molar-refractivity contribution in [3.8, 4) is 22.4 Å². The van der Waals surface area contributed by atoms with Crippen molar-refractivity contribution in [3.63, 3.8) is 0 Å². The lowest BCUT2D eigenvalue weighted by molar-refractivity contribution is 0.0528. The summed E-state index contributed by atoms with van der Waals surface area (Å²) in [5.41, 5.74) is 5.16. The molecule has 1 N–H and O–H groups in total. The Morgan fingerprint density at radius 3 is 2.33 bits per heavy atom. The Kier molecular flexibility index (Phi) is 4.86. The van der Waals surface area contributed by atoms with Crippen LogP contribution in [0, 0.1) is 6.92 Å².